The summed E-state index contributed by atoms with van der Waals surface area (Å²) in [6.07, 6.45) is 4.77. The summed E-state index contributed by atoms with van der Waals surface area (Å²) in [6, 6.07) is 3.77. The maximum atomic E-state index is 12.3. The predicted molar refractivity (Wildman–Crippen MR) is 75.1 cm³/mol. The van der Waals surface area contributed by atoms with Crippen LogP contribution in [0.3, 0.4) is 0 Å². The zero-order valence-electron chi connectivity index (χ0n) is 11.2. The van der Waals surface area contributed by atoms with Gasteiger partial charge in [0.2, 0.25) is 10.0 Å². The Bertz CT molecular complexity index is 504. The summed E-state index contributed by atoms with van der Waals surface area (Å²) in [5, 5.41) is 0. The largest absolute Gasteiger partial charge is 0.330 e. The van der Waals surface area contributed by atoms with Crippen LogP contribution in [0.25, 0.3) is 0 Å². The number of pyridine rings is 1. The number of aromatic nitrogens is 1. The van der Waals surface area contributed by atoms with E-state index in [4.69, 9.17) is 5.73 Å². The van der Waals surface area contributed by atoms with Gasteiger partial charge >= 0.3 is 0 Å². The topological polar surface area (TPSA) is 76.3 Å². The number of rotatable bonds is 5. The Balaban J connectivity index is 1.99. The average molecular weight is 283 g/mol. The van der Waals surface area contributed by atoms with Gasteiger partial charge in [0.25, 0.3) is 0 Å². The lowest BCUT2D eigenvalue weighted by Crippen LogP contribution is -2.36. The minimum absolute atomic E-state index is 0.0657. The van der Waals surface area contributed by atoms with Crippen LogP contribution in [0.4, 0.5) is 0 Å². The molecular weight excluding hydrogens is 262 g/mol. The Morgan fingerprint density at radius 2 is 2.11 bits per heavy atom. The molecule has 2 rings (SSSR count). The number of sulfonamides is 1. The van der Waals surface area contributed by atoms with Gasteiger partial charge in [-0.1, -0.05) is 0 Å². The fourth-order valence-corrected chi connectivity index (χ4v) is 4.38. The van der Waals surface area contributed by atoms with Gasteiger partial charge < -0.3 is 5.73 Å². The molecule has 0 saturated carbocycles. The van der Waals surface area contributed by atoms with Crippen molar-refractivity contribution < 1.29 is 8.42 Å². The molecule has 0 spiro atoms. The molecule has 2 N–H and O–H groups in total. The van der Waals surface area contributed by atoms with Crippen molar-refractivity contribution in [3.05, 3.63) is 30.1 Å². The first-order valence-corrected chi connectivity index (χ1v) is 8.22. The highest BCUT2D eigenvalue weighted by atomic mass is 32.2. The van der Waals surface area contributed by atoms with Crippen molar-refractivity contribution in [1.82, 2.24) is 9.29 Å². The van der Waals surface area contributed by atoms with E-state index in [0.29, 0.717) is 25.4 Å². The third kappa shape index (κ3) is 3.52. The van der Waals surface area contributed by atoms with E-state index in [0.717, 1.165) is 12.0 Å². The molecule has 0 amide bonds. The lowest BCUT2D eigenvalue weighted by molar-refractivity contribution is 0.404. The van der Waals surface area contributed by atoms with E-state index in [-0.39, 0.29) is 11.8 Å². The van der Waals surface area contributed by atoms with Crippen LogP contribution < -0.4 is 5.73 Å². The quantitative estimate of drug-likeness (QED) is 0.859. The number of hydrogen-bond acceptors (Lipinski definition) is 4. The molecule has 6 heteroatoms. The third-order valence-corrected chi connectivity index (χ3v) is 5.64. The second-order valence-electron chi connectivity index (χ2n) is 5.18. The smallest absolute Gasteiger partial charge is 0.214 e. The van der Waals surface area contributed by atoms with Gasteiger partial charge in [0, 0.05) is 25.0 Å². The SMILES string of the molecule is CC1CC(CN)CN1S(=O)(=O)CCc1ccncc1. The molecule has 19 heavy (non-hydrogen) atoms. The summed E-state index contributed by atoms with van der Waals surface area (Å²) in [7, 11) is -3.19. The van der Waals surface area contributed by atoms with E-state index in [9.17, 15) is 8.42 Å². The van der Waals surface area contributed by atoms with Crippen molar-refractivity contribution >= 4 is 10.0 Å². The average Bonchev–Trinajstić information content (AvgIpc) is 2.80. The van der Waals surface area contributed by atoms with Gasteiger partial charge in [0.05, 0.1) is 5.75 Å². The van der Waals surface area contributed by atoms with Gasteiger partial charge in [0.1, 0.15) is 0 Å². The van der Waals surface area contributed by atoms with Crippen LogP contribution >= 0.6 is 0 Å². The highest BCUT2D eigenvalue weighted by molar-refractivity contribution is 7.89. The second-order valence-corrected chi connectivity index (χ2v) is 7.22. The first-order valence-electron chi connectivity index (χ1n) is 6.61. The molecule has 1 aliphatic heterocycles. The molecule has 1 aliphatic rings. The number of nitrogens with two attached hydrogens (primary N) is 1. The molecule has 2 unspecified atom stereocenters. The van der Waals surface area contributed by atoms with Crippen LogP contribution in [0.2, 0.25) is 0 Å². The molecule has 1 fully saturated rings. The molecule has 0 aliphatic carbocycles. The fourth-order valence-electron chi connectivity index (χ4n) is 2.58. The summed E-state index contributed by atoms with van der Waals surface area (Å²) in [5.74, 6) is 0.448. The van der Waals surface area contributed by atoms with Gasteiger partial charge in [-0.2, -0.15) is 4.31 Å². The van der Waals surface area contributed by atoms with Crippen molar-refractivity contribution in [2.45, 2.75) is 25.8 Å². The van der Waals surface area contributed by atoms with Gasteiger partial charge in [0.15, 0.2) is 0 Å². The van der Waals surface area contributed by atoms with Crippen molar-refractivity contribution in [2.75, 3.05) is 18.8 Å². The summed E-state index contributed by atoms with van der Waals surface area (Å²) >= 11 is 0. The number of nitrogens with zero attached hydrogens (tertiary/aromatic N) is 2. The molecule has 0 radical (unpaired) electrons. The molecule has 1 saturated heterocycles. The standard InChI is InChI=1S/C13H21N3O2S/c1-11-8-13(9-14)10-16(11)19(17,18)7-4-12-2-5-15-6-3-12/h2-3,5-6,11,13H,4,7-10,14H2,1H3. The highest BCUT2D eigenvalue weighted by Gasteiger charge is 2.35. The molecule has 106 valence electrons. The minimum Gasteiger partial charge on any atom is -0.330 e. The number of hydrogen-bond donors (Lipinski definition) is 1. The Morgan fingerprint density at radius 1 is 1.42 bits per heavy atom. The van der Waals surface area contributed by atoms with E-state index in [1.54, 1.807) is 16.7 Å². The Morgan fingerprint density at radius 3 is 2.68 bits per heavy atom. The molecular formula is C13H21N3O2S. The van der Waals surface area contributed by atoms with Crippen LogP contribution in [-0.4, -0.2) is 42.6 Å². The minimum atomic E-state index is -3.19. The Kier molecular flexibility index (Phi) is 4.54. The lowest BCUT2D eigenvalue weighted by atomic mass is 10.1. The van der Waals surface area contributed by atoms with Gasteiger partial charge in [-0.15, -0.1) is 0 Å². The lowest BCUT2D eigenvalue weighted by Gasteiger charge is -2.20. The third-order valence-electron chi connectivity index (χ3n) is 3.69. The highest BCUT2D eigenvalue weighted by Crippen LogP contribution is 2.25. The van der Waals surface area contributed by atoms with Gasteiger partial charge in [-0.05, 0) is 49.9 Å². The molecule has 5 nitrogen and oxygen atoms in total. The van der Waals surface area contributed by atoms with Crippen LogP contribution in [0.15, 0.2) is 24.5 Å². The van der Waals surface area contributed by atoms with Crippen LogP contribution in [-0.2, 0) is 16.4 Å². The number of aryl methyl sites for hydroxylation is 1. The van der Waals surface area contributed by atoms with Crippen molar-refractivity contribution in [2.24, 2.45) is 11.7 Å². The zero-order chi connectivity index (χ0) is 13.9. The molecule has 2 atom stereocenters. The fraction of sp³-hybridized carbons (Fsp3) is 0.615. The Labute approximate surface area is 114 Å². The van der Waals surface area contributed by atoms with E-state index < -0.39 is 10.0 Å². The predicted octanol–water partition coefficient (Wildman–Crippen LogP) is 0.623. The van der Waals surface area contributed by atoms with Crippen LogP contribution in [0.5, 0.6) is 0 Å². The molecule has 0 bridgehead atoms. The van der Waals surface area contributed by atoms with Crippen molar-refractivity contribution in [1.29, 1.82) is 0 Å². The van der Waals surface area contributed by atoms with Gasteiger partial charge in [-0.25, -0.2) is 8.42 Å². The summed E-state index contributed by atoms with van der Waals surface area (Å²) in [4.78, 5) is 3.93. The maximum absolute atomic E-state index is 12.3. The van der Waals surface area contributed by atoms with Gasteiger partial charge in [-0.3, -0.25) is 4.98 Å². The van der Waals surface area contributed by atoms with Crippen LogP contribution in [0, 0.1) is 5.92 Å². The van der Waals surface area contributed by atoms with Crippen LogP contribution in [0.1, 0.15) is 18.9 Å². The van der Waals surface area contributed by atoms with Crippen molar-refractivity contribution in [3.8, 4) is 0 Å². The first kappa shape index (κ1) is 14.4. The van der Waals surface area contributed by atoms with Crippen molar-refractivity contribution in [3.63, 3.8) is 0 Å². The second kappa shape index (κ2) is 5.98. The summed E-state index contributed by atoms with van der Waals surface area (Å²) in [5.41, 5.74) is 6.64. The molecule has 1 aromatic rings. The summed E-state index contributed by atoms with van der Waals surface area (Å²) < 4.78 is 26.3. The normalized spacial score (nSPS) is 24.7. The van der Waals surface area contributed by atoms with E-state index in [2.05, 4.69) is 4.98 Å². The van der Waals surface area contributed by atoms with E-state index in [1.165, 1.54) is 0 Å². The monoisotopic (exact) mass is 283 g/mol. The molecule has 2 heterocycles. The maximum Gasteiger partial charge on any atom is 0.214 e. The molecule has 1 aromatic heterocycles. The molecule has 0 aromatic carbocycles. The Hall–Kier alpha value is -0.980. The summed E-state index contributed by atoms with van der Waals surface area (Å²) in [6.45, 7) is 3.08. The first-order chi connectivity index (χ1) is 9.03. The van der Waals surface area contributed by atoms with E-state index >= 15 is 0 Å². The zero-order valence-corrected chi connectivity index (χ0v) is 12.0. The van der Waals surface area contributed by atoms with E-state index in [1.807, 2.05) is 19.1 Å².